The second-order valence-corrected chi connectivity index (χ2v) is 8.47. The summed E-state index contributed by atoms with van der Waals surface area (Å²) >= 11 is 0.825. The fourth-order valence-electron chi connectivity index (χ4n) is 3.51. The van der Waals surface area contributed by atoms with Crippen molar-refractivity contribution in [1.29, 1.82) is 5.26 Å². The molecule has 0 fully saturated rings. The van der Waals surface area contributed by atoms with Crippen LogP contribution in [0, 0.1) is 11.3 Å². The quantitative estimate of drug-likeness (QED) is 0.678. The van der Waals surface area contributed by atoms with Gasteiger partial charge in [-0.1, -0.05) is 0 Å². The van der Waals surface area contributed by atoms with Gasteiger partial charge in [-0.2, -0.15) is 35.3 Å². The van der Waals surface area contributed by atoms with Gasteiger partial charge in [-0.15, -0.1) is 0 Å². The van der Waals surface area contributed by atoms with E-state index in [1.165, 1.54) is 6.07 Å². The highest BCUT2D eigenvalue weighted by Crippen LogP contribution is 2.28. The molecule has 2 aromatic rings. The molecule has 0 aliphatic carbocycles. The Hall–Kier alpha value is -2.87. The van der Waals surface area contributed by atoms with Crippen LogP contribution in [0.15, 0.2) is 24.3 Å². The average molecular weight is 452 g/mol. The van der Waals surface area contributed by atoms with Crippen molar-refractivity contribution in [2.24, 2.45) is 0 Å². The Morgan fingerprint density at radius 1 is 1.39 bits per heavy atom. The standard InChI is InChI=1S/C20H19F3N4O3S/c21-20(22,23)11-31-4-3-15-9-27-18(30-15)7-16(26-27)19(28)25-14-6-13-5-12(8-24)1-2-17(13)29-10-14/h1-2,5,7,14-15H,3-4,6,9-11H2,(H,25,28)/t14-,15+/m1/s1. The molecule has 164 valence electrons. The van der Waals surface area contributed by atoms with E-state index >= 15 is 0 Å². The third-order valence-electron chi connectivity index (χ3n) is 4.92. The van der Waals surface area contributed by atoms with E-state index in [-0.39, 0.29) is 23.7 Å². The topological polar surface area (TPSA) is 89.2 Å². The summed E-state index contributed by atoms with van der Waals surface area (Å²) in [6.07, 6.45) is -3.41. The first-order valence-electron chi connectivity index (χ1n) is 9.66. The fraction of sp³-hybridized carbons (Fsp3) is 0.450. The molecular weight excluding hydrogens is 433 g/mol. The smallest absolute Gasteiger partial charge is 0.397 e. The number of aromatic nitrogens is 2. The lowest BCUT2D eigenvalue weighted by Crippen LogP contribution is -2.43. The lowest BCUT2D eigenvalue weighted by molar-refractivity contribution is -0.105. The van der Waals surface area contributed by atoms with E-state index in [1.54, 1.807) is 22.9 Å². The van der Waals surface area contributed by atoms with E-state index in [4.69, 9.17) is 14.7 Å². The van der Waals surface area contributed by atoms with Gasteiger partial charge in [0.2, 0.25) is 5.88 Å². The number of alkyl halides is 3. The molecule has 4 rings (SSSR count). The Bertz CT molecular complexity index is 995. The Morgan fingerprint density at radius 3 is 2.97 bits per heavy atom. The number of fused-ring (bicyclic) bond motifs is 2. The van der Waals surface area contributed by atoms with Crippen LogP contribution >= 0.6 is 11.8 Å². The lowest BCUT2D eigenvalue weighted by atomic mass is 10.0. The minimum Gasteiger partial charge on any atom is -0.491 e. The van der Waals surface area contributed by atoms with E-state index < -0.39 is 11.9 Å². The second kappa shape index (κ2) is 8.70. The molecule has 3 heterocycles. The van der Waals surface area contributed by atoms with E-state index in [9.17, 15) is 18.0 Å². The molecule has 0 bridgehead atoms. The molecule has 1 aromatic carbocycles. The van der Waals surface area contributed by atoms with Gasteiger partial charge in [0.15, 0.2) is 5.69 Å². The summed E-state index contributed by atoms with van der Waals surface area (Å²) in [6, 6.07) is 8.55. The molecule has 7 nitrogen and oxygen atoms in total. The first-order chi connectivity index (χ1) is 14.8. The highest BCUT2D eigenvalue weighted by atomic mass is 32.2. The average Bonchev–Trinajstić information content (AvgIpc) is 3.29. The monoisotopic (exact) mass is 452 g/mol. The first-order valence-corrected chi connectivity index (χ1v) is 10.8. The van der Waals surface area contributed by atoms with Crippen molar-refractivity contribution in [2.45, 2.75) is 37.7 Å². The number of ether oxygens (including phenoxy) is 2. The highest BCUT2D eigenvalue weighted by molar-refractivity contribution is 7.99. The lowest BCUT2D eigenvalue weighted by Gasteiger charge is -2.26. The maximum Gasteiger partial charge on any atom is 0.397 e. The van der Waals surface area contributed by atoms with Crippen molar-refractivity contribution in [3.05, 3.63) is 41.1 Å². The molecule has 0 radical (unpaired) electrons. The number of rotatable bonds is 6. The Balaban J connectivity index is 1.28. The molecule has 1 N–H and O–H groups in total. The Kier molecular flexibility index (Phi) is 6.00. The zero-order valence-corrected chi connectivity index (χ0v) is 17.1. The maximum atomic E-state index is 12.6. The number of hydrogen-bond acceptors (Lipinski definition) is 6. The summed E-state index contributed by atoms with van der Waals surface area (Å²) in [5.41, 5.74) is 1.59. The van der Waals surface area contributed by atoms with Crippen LogP contribution in [0.2, 0.25) is 0 Å². The number of hydrogen-bond donors (Lipinski definition) is 1. The van der Waals surface area contributed by atoms with Crippen LogP contribution in [0.1, 0.15) is 28.0 Å². The maximum absolute atomic E-state index is 12.6. The fourth-order valence-corrected chi connectivity index (χ4v) is 4.31. The van der Waals surface area contributed by atoms with Crippen LogP contribution in [0.3, 0.4) is 0 Å². The number of halogens is 3. The van der Waals surface area contributed by atoms with Crippen molar-refractivity contribution in [3.63, 3.8) is 0 Å². The number of thioether (sulfide) groups is 1. The molecular formula is C20H19F3N4O3S. The highest BCUT2D eigenvalue weighted by Gasteiger charge is 2.30. The molecule has 0 unspecified atom stereocenters. The van der Waals surface area contributed by atoms with Crippen LogP contribution in [0.4, 0.5) is 13.2 Å². The Morgan fingerprint density at radius 2 is 2.23 bits per heavy atom. The molecule has 0 saturated heterocycles. The van der Waals surface area contributed by atoms with Crippen molar-refractivity contribution in [3.8, 4) is 17.7 Å². The summed E-state index contributed by atoms with van der Waals surface area (Å²) < 4.78 is 49.5. The number of nitriles is 1. The predicted molar refractivity (Wildman–Crippen MR) is 106 cm³/mol. The Labute approximate surface area is 180 Å². The zero-order chi connectivity index (χ0) is 22.0. The van der Waals surface area contributed by atoms with Gasteiger partial charge in [-0.05, 0) is 42.4 Å². The predicted octanol–water partition coefficient (Wildman–Crippen LogP) is 2.93. The molecule has 2 aliphatic rings. The van der Waals surface area contributed by atoms with E-state index in [2.05, 4.69) is 16.5 Å². The van der Waals surface area contributed by atoms with Gasteiger partial charge in [0, 0.05) is 6.07 Å². The molecule has 2 aliphatic heterocycles. The second-order valence-electron chi connectivity index (χ2n) is 7.37. The summed E-state index contributed by atoms with van der Waals surface area (Å²) in [5, 5.41) is 16.2. The van der Waals surface area contributed by atoms with Crippen LogP contribution in [0.25, 0.3) is 0 Å². The third-order valence-corrected chi connectivity index (χ3v) is 5.98. The first kappa shape index (κ1) is 21.4. The number of nitrogens with one attached hydrogen (secondary N) is 1. The largest absolute Gasteiger partial charge is 0.491 e. The van der Waals surface area contributed by atoms with Crippen LogP contribution in [0.5, 0.6) is 11.6 Å². The van der Waals surface area contributed by atoms with Crippen molar-refractivity contribution >= 4 is 17.7 Å². The number of carbonyl (C=O) groups is 1. The molecule has 0 saturated carbocycles. The molecule has 1 amide bonds. The van der Waals surface area contributed by atoms with Gasteiger partial charge < -0.3 is 14.8 Å². The van der Waals surface area contributed by atoms with Crippen molar-refractivity contribution in [1.82, 2.24) is 15.1 Å². The zero-order valence-electron chi connectivity index (χ0n) is 16.3. The number of nitrogens with zero attached hydrogens (tertiary/aromatic N) is 3. The number of carbonyl (C=O) groups excluding carboxylic acids is 1. The number of amides is 1. The normalized spacial score (nSPS) is 19.5. The molecule has 1 aromatic heterocycles. The van der Waals surface area contributed by atoms with Gasteiger partial charge in [-0.3, -0.25) is 4.79 Å². The summed E-state index contributed by atoms with van der Waals surface area (Å²) in [5.74, 6) is 0.232. The molecule has 11 heteroatoms. The van der Waals surface area contributed by atoms with Crippen molar-refractivity contribution in [2.75, 3.05) is 18.1 Å². The van der Waals surface area contributed by atoms with E-state index in [1.807, 2.05) is 0 Å². The molecule has 2 atom stereocenters. The number of benzene rings is 1. The van der Waals surface area contributed by atoms with Crippen LogP contribution < -0.4 is 14.8 Å². The van der Waals surface area contributed by atoms with E-state index in [0.717, 1.165) is 17.3 Å². The van der Waals surface area contributed by atoms with Gasteiger partial charge in [0.25, 0.3) is 5.91 Å². The molecule has 31 heavy (non-hydrogen) atoms. The van der Waals surface area contributed by atoms with Gasteiger partial charge in [0.05, 0.1) is 30.0 Å². The van der Waals surface area contributed by atoms with Gasteiger partial charge in [-0.25, -0.2) is 4.68 Å². The summed E-state index contributed by atoms with van der Waals surface area (Å²) in [7, 11) is 0. The summed E-state index contributed by atoms with van der Waals surface area (Å²) in [6.45, 7) is 0.707. The van der Waals surface area contributed by atoms with Gasteiger partial charge in [0.1, 0.15) is 18.5 Å². The van der Waals surface area contributed by atoms with Crippen molar-refractivity contribution < 1.29 is 27.4 Å². The summed E-state index contributed by atoms with van der Waals surface area (Å²) in [4.78, 5) is 12.6. The van der Waals surface area contributed by atoms with E-state index in [0.29, 0.717) is 48.9 Å². The SMILES string of the molecule is N#Cc1ccc2c(c1)C[C@@H](NC(=O)c1cc3n(n1)C[C@H](CCSCC(F)(F)F)O3)CO2. The minimum absolute atomic E-state index is 0.205. The third kappa shape index (κ3) is 5.25. The van der Waals surface area contributed by atoms with Gasteiger partial charge >= 0.3 is 6.18 Å². The minimum atomic E-state index is -4.17. The van der Waals surface area contributed by atoms with Crippen LogP contribution in [-0.4, -0.2) is 52.1 Å². The molecule has 0 spiro atoms. The van der Waals surface area contributed by atoms with Crippen LogP contribution in [-0.2, 0) is 13.0 Å².